The van der Waals surface area contributed by atoms with Gasteiger partial charge in [-0.05, 0) is 55.8 Å². The number of hydrogen-bond acceptors (Lipinski definition) is 4. The maximum atomic E-state index is 12.3. The van der Waals surface area contributed by atoms with Crippen molar-refractivity contribution in [3.8, 4) is 17.0 Å². The van der Waals surface area contributed by atoms with Crippen molar-refractivity contribution in [2.24, 2.45) is 12.0 Å². The summed E-state index contributed by atoms with van der Waals surface area (Å²) in [6, 6.07) is 11.4. The number of ether oxygens (including phenoxy) is 1. The van der Waals surface area contributed by atoms with Crippen LogP contribution in [-0.2, 0) is 7.05 Å². The van der Waals surface area contributed by atoms with Crippen LogP contribution in [0.1, 0.15) is 22.2 Å². The van der Waals surface area contributed by atoms with E-state index in [2.05, 4.69) is 9.98 Å². The monoisotopic (exact) mass is 353 g/mol. The number of carbonyl (C=O) groups is 1. The molecule has 0 saturated carbocycles. The molecule has 5 nitrogen and oxygen atoms in total. The van der Waals surface area contributed by atoms with Gasteiger partial charge < -0.3 is 9.30 Å². The average Bonchev–Trinajstić information content (AvgIpc) is 2.90. The highest BCUT2D eigenvalue weighted by atomic mass is 32.1. The lowest BCUT2D eigenvalue weighted by atomic mass is 10.1. The van der Waals surface area contributed by atoms with Crippen LogP contribution in [0.5, 0.6) is 5.75 Å². The lowest BCUT2D eigenvalue weighted by molar-refractivity contribution is 0.0997. The fourth-order valence-electron chi connectivity index (χ4n) is 2.60. The topological polar surface area (TPSA) is 56.5 Å². The van der Waals surface area contributed by atoms with Crippen LogP contribution in [0, 0.1) is 6.92 Å². The molecule has 128 valence electrons. The zero-order chi connectivity index (χ0) is 17.8. The molecule has 2 heterocycles. The molecule has 0 fully saturated rings. The number of aromatic nitrogens is 2. The average molecular weight is 353 g/mol. The molecular weight excluding hydrogens is 334 g/mol. The zero-order valence-corrected chi connectivity index (χ0v) is 15.2. The van der Waals surface area contributed by atoms with Gasteiger partial charge >= 0.3 is 0 Å². The Bertz CT molecular complexity index is 941. The third-order valence-corrected chi connectivity index (χ3v) is 4.79. The van der Waals surface area contributed by atoms with Gasteiger partial charge in [-0.15, -0.1) is 11.3 Å². The predicted octanol–water partition coefficient (Wildman–Crippen LogP) is 3.60. The maximum absolute atomic E-state index is 12.3. The highest BCUT2D eigenvalue weighted by Crippen LogP contribution is 2.26. The van der Waals surface area contributed by atoms with Crippen LogP contribution < -0.4 is 9.54 Å². The molecule has 25 heavy (non-hydrogen) atoms. The van der Waals surface area contributed by atoms with E-state index in [1.54, 1.807) is 18.3 Å². The Morgan fingerprint density at radius 3 is 2.68 bits per heavy atom. The number of benzene rings is 1. The van der Waals surface area contributed by atoms with Crippen molar-refractivity contribution < 1.29 is 9.53 Å². The van der Waals surface area contributed by atoms with Gasteiger partial charge in [0.25, 0.3) is 5.91 Å². The van der Waals surface area contributed by atoms with E-state index < -0.39 is 0 Å². The first-order valence-electron chi connectivity index (χ1n) is 7.99. The van der Waals surface area contributed by atoms with E-state index in [1.165, 1.54) is 17.5 Å². The highest BCUT2D eigenvalue weighted by Gasteiger charge is 2.12. The molecule has 2 aromatic heterocycles. The van der Waals surface area contributed by atoms with Crippen molar-refractivity contribution in [3.05, 3.63) is 64.0 Å². The predicted molar refractivity (Wildman–Crippen MR) is 98.8 cm³/mol. The molecule has 0 unspecified atom stereocenters. The van der Waals surface area contributed by atoms with E-state index in [1.807, 2.05) is 49.7 Å². The fourth-order valence-corrected chi connectivity index (χ4v) is 3.58. The number of aryl methyl sites for hydroxylation is 1. The molecule has 1 amide bonds. The van der Waals surface area contributed by atoms with Gasteiger partial charge in [0.15, 0.2) is 4.80 Å². The minimum Gasteiger partial charge on any atom is -0.494 e. The summed E-state index contributed by atoms with van der Waals surface area (Å²) >= 11 is 1.50. The molecular formula is C19H19N3O2S. The Kier molecular flexibility index (Phi) is 5.09. The van der Waals surface area contributed by atoms with Crippen LogP contribution in [0.3, 0.4) is 0 Å². The number of thiazole rings is 1. The first-order valence-corrected chi connectivity index (χ1v) is 8.80. The Morgan fingerprint density at radius 2 is 2.04 bits per heavy atom. The van der Waals surface area contributed by atoms with Crippen LogP contribution in [0.25, 0.3) is 11.3 Å². The Labute approximate surface area is 150 Å². The molecule has 0 radical (unpaired) electrons. The third kappa shape index (κ3) is 3.69. The number of rotatable bonds is 4. The van der Waals surface area contributed by atoms with Crippen molar-refractivity contribution >= 4 is 17.2 Å². The normalized spacial score (nSPS) is 11.6. The SMILES string of the molecule is CCOc1ccc(-c2c(C)sc(=NC(=O)c3cccnc3)n2C)cc1. The molecule has 0 spiro atoms. The van der Waals surface area contributed by atoms with E-state index in [9.17, 15) is 4.79 Å². The fraction of sp³-hybridized carbons (Fsp3) is 0.211. The first-order chi connectivity index (χ1) is 12.1. The minimum atomic E-state index is -0.289. The molecule has 3 aromatic rings. The molecule has 0 aliphatic carbocycles. The number of hydrogen-bond donors (Lipinski definition) is 0. The van der Waals surface area contributed by atoms with Crippen molar-refractivity contribution in [2.75, 3.05) is 6.61 Å². The van der Waals surface area contributed by atoms with E-state index in [4.69, 9.17) is 4.74 Å². The summed E-state index contributed by atoms with van der Waals surface area (Å²) in [4.78, 5) is 22.3. The van der Waals surface area contributed by atoms with Crippen molar-refractivity contribution in [1.29, 1.82) is 0 Å². The smallest absolute Gasteiger partial charge is 0.281 e. The van der Waals surface area contributed by atoms with Crippen LogP contribution in [0.15, 0.2) is 53.8 Å². The van der Waals surface area contributed by atoms with E-state index in [0.29, 0.717) is 17.0 Å². The summed E-state index contributed by atoms with van der Waals surface area (Å²) in [7, 11) is 1.92. The van der Waals surface area contributed by atoms with Crippen LogP contribution in [0.4, 0.5) is 0 Å². The quantitative estimate of drug-likeness (QED) is 0.720. The molecule has 3 rings (SSSR count). The molecule has 0 saturated heterocycles. The second kappa shape index (κ2) is 7.44. The summed E-state index contributed by atoms with van der Waals surface area (Å²) in [6.45, 7) is 4.64. The molecule has 0 N–H and O–H groups in total. The number of carbonyl (C=O) groups excluding carboxylic acids is 1. The van der Waals surface area contributed by atoms with Crippen molar-refractivity contribution in [3.63, 3.8) is 0 Å². The minimum absolute atomic E-state index is 0.289. The number of nitrogens with zero attached hydrogens (tertiary/aromatic N) is 3. The van der Waals surface area contributed by atoms with Gasteiger partial charge in [-0.25, -0.2) is 0 Å². The summed E-state index contributed by atoms with van der Waals surface area (Å²) in [5, 5.41) is 0. The van der Waals surface area contributed by atoms with E-state index in [-0.39, 0.29) is 5.91 Å². The van der Waals surface area contributed by atoms with Gasteiger partial charge in [-0.2, -0.15) is 4.99 Å². The summed E-state index contributed by atoms with van der Waals surface area (Å²) < 4.78 is 7.44. The third-order valence-electron chi connectivity index (χ3n) is 3.74. The van der Waals surface area contributed by atoms with Crippen molar-refractivity contribution in [2.45, 2.75) is 13.8 Å². The van der Waals surface area contributed by atoms with Gasteiger partial charge in [-0.1, -0.05) is 0 Å². The van der Waals surface area contributed by atoms with E-state index in [0.717, 1.165) is 21.9 Å². The second-order valence-corrected chi connectivity index (χ2v) is 6.65. The molecule has 0 atom stereocenters. The van der Waals surface area contributed by atoms with Crippen LogP contribution in [-0.4, -0.2) is 22.1 Å². The van der Waals surface area contributed by atoms with Crippen molar-refractivity contribution in [1.82, 2.24) is 9.55 Å². The molecule has 6 heteroatoms. The maximum Gasteiger partial charge on any atom is 0.281 e. The molecule has 0 aliphatic rings. The standard InChI is InChI=1S/C19H19N3O2S/c1-4-24-16-9-7-14(8-10-16)17-13(2)25-19(22(17)3)21-18(23)15-6-5-11-20-12-15/h5-12H,4H2,1-3H3. The van der Waals surface area contributed by atoms with Gasteiger partial charge in [0.2, 0.25) is 0 Å². The zero-order valence-electron chi connectivity index (χ0n) is 14.4. The largest absolute Gasteiger partial charge is 0.494 e. The second-order valence-electron chi connectivity index (χ2n) is 5.46. The number of amides is 1. The highest BCUT2D eigenvalue weighted by molar-refractivity contribution is 7.09. The lowest BCUT2D eigenvalue weighted by Gasteiger charge is -2.07. The lowest BCUT2D eigenvalue weighted by Crippen LogP contribution is -2.14. The molecule has 0 aliphatic heterocycles. The Hall–Kier alpha value is -2.73. The molecule has 0 bridgehead atoms. The van der Waals surface area contributed by atoms with Crippen LogP contribution in [0.2, 0.25) is 0 Å². The summed E-state index contributed by atoms with van der Waals surface area (Å²) in [5.74, 6) is 0.557. The Balaban J connectivity index is 1.98. The van der Waals surface area contributed by atoms with Gasteiger partial charge in [-0.3, -0.25) is 9.78 Å². The Morgan fingerprint density at radius 1 is 1.28 bits per heavy atom. The van der Waals surface area contributed by atoms with Gasteiger partial charge in [0, 0.05) is 24.3 Å². The first kappa shape index (κ1) is 17.1. The number of pyridine rings is 1. The van der Waals surface area contributed by atoms with Gasteiger partial charge in [0.1, 0.15) is 5.75 Å². The summed E-state index contributed by atoms with van der Waals surface area (Å²) in [6.07, 6.45) is 3.16. The van der Waals surface area contributed by atoms with Gasteiger partial charge in [0.05, 0.1) is 17.9 Å². The molecule has 1 aromatic carbocycles. The van der Waals surface area contributed by atoms with Crippen LogP contribution >= 0.6 is 11.3 Å². The summed E-state index contributed by atoms with van der Waals surface area (Å²) in [5.41, 5.74) is 2.59. The van der Waals surface area contributed by atoms with E-state index >= 15 is 0 Å².